The number of rotatable bonds is 6. The molecule has 0 bridgehead atoms. The number of hydrogen-bond acceptors (Lipinski definition) is 5. The number of ether oxygens (including phenoxy) is 2. The topological polar surface area (TPSA) is 56.3 Å². The lowest BCUT2D eigenvalue weighted by atomic mass is 10.1. The van der Waals surface area contributed by atoms with E-state index in [1.807, 2.05) is 31.3 Å². The van der Waals surface area contributed by atoms with E-state index >= 15 is 0 Å². The van der Waals surface area contributed by atoms with Crippen LogP contribution in [0.4, 0.5) is 5.82 Å². The van der Waals surface area contributed by atoms with Gasteiger partial charge in [0.05, 0.1) is 12.7 Å². The maximum Gasteiger partial charge on any atom is 0.222 e. The first-order chi connectivity index (χ1) is 10.2. The third kappa shape index (κ3) is 3.62. The van der Waals surface area contributed by atoms with E-state index in [-0.39, 0.29) is 5.92 Å². The first kappa shape index (κ1) is 15.1. The van der Waals surface area contributed by atoms with Crippen molar-refractivity contribution in [3.63, 3.8) is 0 Å². The lowest BCUT2D eigenvalue weighted by molar-refractivity contribution is 0.288. The summed E-state index contributed by atoms with van der Waals surface area (Å²) in [6.45, 7) is 4.63. The van der Waals surface area contributed by atoms with Crippen molar-refractivity contribution in [2.24, 2.45) is 0 Å². The van der Waals surface area contributed by atoms with Gasteiger partial charge < -0.3 is 14.8 Å². The summed E-state index contributed by atoms with van der Waals surface area (Å²) >= 11 is 0. The number of nitrogens with zero attached hydrogens (tertiary/aromatic N) is 2. The maximum absolute atomic E-state index is 5.88. The molecule has 21 heavy (non-hydrogen) atoms. The highest BCUT2D eigenvalue weighted by molar-refractivity contribution is 5.50. The second-order valence-corrected chi connectivity index (χ2v) is 4.99. The molecule has 1 aromatic heterocycles. The van der Waals surface area contributed by atoms with E-state index in [2.05, 4.69) is 29.1 Å². The van der Waals surface area contributed by atoms with Crippen molar-refractivity contribution < 1.29 is 9.47 Å². The molecule has 2 rings (SSSR count). The van der Waals surface area contributed by atoms with Crippen LogP contribution in [0, 0.1) is 0 Å². The van der Waals surface area contributed by atoms with Gasteiger partial charge >= 0.3 is 0 Å². The first-order valence-electron chi connectivity index (χ1n) is 6.94. The quantitative estimate of drug-likeness (QED) is 0.884. The number of benzene rings is 1. The summed E-state index contributed by atoms with van der Waals surface area (Å²) in [7, 11) is 3.50. The molecule has 2 aromatic rings. The fourth-order valence-electron chi connectivity index (χ4n) is 2.13. The summed E-state index contributed by atoms with van der Waals surface area (Å²) < 4.78 is 11.1. The number of anilines is 1. The van der Waals surface area contributed by atoms with Crippen LogP contribution in [0.3, 0.4) is 0 Å². The van der Waals surface area contributed by atoms with Crippen molar-refractivity contribution in [1.82, 2.24) is 9.97 Å². The van der Waals surface area contributed by atoms with Crippen LogP contribution in [-0.4, -0.2) is 24.1 Å². The Morgan fingerprint density at radius 2 is 2.05 bits per heavy atom. The third-order valence-corrected chi connectivity index (χ3v) is 3.17. The van der Waals surface area contributed by atoms with Crippen LogP contribution in [0.1, 0.15) is 30.9 Å². The second-order valence-electron chi connectivity index (χ2n) is 4.99. The molecule has 0 fully saturated rings. The number of nitrogens with one attached hydrogen (secondary N) is 1. The van der Waals surface area contributed by atoms with Crippen molar-refractivity contribution in [1.29, 1.82) is 0 Å². The molecule has 0 aliphatic rings. The van der Waals surface area contributed by atoms with Crippen molar-refractivity contribution in [2.75, 3.05) is 19.5 Å². The van der Waals surface area contributed by atoms with E-state index < -0.39 is 0 Å². The van der Waals surface area contributed by atoms with Crippen LogP contribution in [0.15, 0.2) is 30.6 Å². The summed E-state index contributed by atoms with van der Waals surface area (Å²) in [6.07, 6.45) is 1.51. The summed E-state index contributed by atoms with van der Waals surface area (Å²) in [6, 6.07) is 7.81. The summed E-state index contributed by atoms with van der Waals surface area (Å²) in [5.74, 6) is 2.51. The van der Waals surface area contributed by atoms with E-state index in [9.17, 15) is 0 Å². The average Bonchev–Trinajstić information content (AvgIpc) is 2.52. The van der Waals surface area contributed by atoms with Gasteiger partial charge in [-0.25, -0.2) is 9.97 Å². The zero-order chi connectivity index (χ0) is 15.2. The maximum atomic E-state index is 5.88. The molecular formula is C16H21N3O2. The minimum atomic E-state index is 0.272. The highest BCUT2D eigenvalue weighted by Gasteiger charge is 2.15. The monoisotopic (exact) mass is 287 g/mol. The molecule has 5 heteroatoms. The van der Waals surface area contributed by atoms with Gasteiger partial charge in [0.25, 0.3) is 0 Å². The van der Waals surface area contributed by atoms with Gasteiger partial charge in [-0.1, -0.05) is 26.0 Å². The molecule has 0 saturated heterocycles. The molecule has 1 N–H and O–H groups in total. The molecule has 1 heterocycles. The van der Waals surface area contributed by atoms with Crippen LogP contribution in [0.2, 0.25) is 0 Å². The Hall–Kier alpha value is -2.30. The van der Waals surface area contributed by atoms with Crippen molar-refractivity contribution in [3.05, 3.63) is 41.7 Å². The molecule has 1 aromatic carbocycles. The Kier molecular flexibility index (Phi) is 4.98. The van der Waals surface area contributed by atoms with Gasteiger partial charge in [0.1, 0.15) is 24.5 Å². The van der Waals surface area contributed by atoms with Crippen LogP contribution < -0.4 is 14.8 Å². The minimum Gasteiger partial charge on any atom is -0.497 e. The predicted molar refractivity (Wildman–Crippen MR) is 83.0 cm³/mol. The Balaban J connectivity index is 2.19. The van der Waals surface area contributed by atoms with Crippen LogP contribution >= 0.6 is 0 Å². The van der Waals surface area contributed by atoms with E-state index in [1.54, 1.807) is 7.11 Å². The van der Waals surface area contributed by atoms with Crippen molar-refractivity contribution >= 4 is 5.82 Å². The third-order valence-electron chi connectivity index (χ3n) is 3.17. The molecular weight excluding hydrogens is 266 g/mol. The van der Waals surface area contributed by atoms with E-state index in [1.165, 1.54) is 6.33 Å². The molecule has 0 saturated carbocycles. The smallest absolute Gasteiger partial charge is 0.222 e. The van der Waals surface area contributed by atoms with Gasteiger partial charge in [-0.3, -0.25) is 0 Å². The molecule has 0 aliphatic heterocycles. The van der Waals surface area contributed by atoms with Gasteiger partial charge in [-0.2, -0.15) is 0 Å². The highest BCUT2D eigenvalue weighted by atomic mass is 16.5. The predicted octanol–water partition coefficient (Wildman–Crippen LogP) is 3.23. The average molecular weight is 287 g/mol. The summed E-state index contributed by atoms with van der Waals surface area (Å²) in [5, 5.41) is 3.08. The zero-order valence-electron chi connectivity index (χ0n) is 12.9. The highest BCUT2D eigenvalue weighted by Crippen LogP contribution is 2.30. The van der Waals surface area contributed by atoms with Gasteiger partial charge in [0.2, 0.25) is 5.88 Å². The second kappa shape index (κ2) is 6.92. The normalized spacial score (nSPS) is 10.5. The summed E-state index contributed by atoms with van der Waals surface area (Å²) in [5.41, 5.74) is 2.02. The van der Waals surface area contributed by atoms with Gasteiger partial charge in [-0.05, 0) is 23.6 Å². The largest absolute Gasteiger partial charge is 0.497 e. The Morgan fingerprint density at radius 1 is 1.24 bits per heavy atom. The van der Waals surface area contributed by atoms with Gasteiger partial charge in [-0.15, -0.1) is 0 Å². The minimum absolute atomic E-state index is 0.272. The molecule has 0 atom stereocenters. The molecule has 0 amide bonds. The lowest BCUT2D eigenvalue weighted by Crippen LogP contribution is -2.07. The van der Waals surface area contributed by atoms with Crippen molar-refractivity contribution in [3.8, 4) is 11.6 Å². The Labute approximate surface area is 125 Å². The molecule has 0 spiro atoms. The molecule has 0 radical (unpaired) electrons. The molecule has 5 nitrogen and oxygen atoms in total. The van der Waals surface area contributed by atoms with Crippen LogP contribution in [-0.2, 0) is 6.61 Å². The first-order valence-corrected chi connectivity index (χ1v) is 6.94. The number of methoxy groups -OCH3 is 1. The number of aromatic nitrogens is 2. The van der Waals surface area contributed by atoms with Crippen LogP contribution in [0.25, 0.3) is 0 Å². The molecule has 0 aliphatic carbocycles. The van der Waals surface area contributed by atoms with E-state index in [0.717, 1.165) is 22.7 Å². The fourth-order valence-corrected chi connectivity index (χ4v) is 2.13. The summed E-state index contributed by atoms with van der Waals surface area (Å²) in [4.78, 5) is 8.50. The Bertz CT molecular complexity index is 600. The molecule has 0 unspecified atom stereocenters. The fraction of sp³-hybridized carbons (Fsp3) is 0.375. The van der Waals surface area contributed by atoms with Crippen LogP contribution in [0.5, 0.6) is 11.6 Å². The van der Waals surface area contributed by atoms with E-state index in [4.69, 9.17) is 9.47 Å². The Morgan fingerprint density at radius 3 is 2.71 bits per heavy atom. The lowest BCUT2D eigenvalue weighted by Gasteiger charge is -2.16. The molecule has 112 valence electrons. The number of hydrogen-bond donors (Lipinski definition) is 1. The van der Waals surface area contributed by atoms with Gasteiger partial charge in [0, 0.05) is 7.05 Å². The van der Waals surface area contributed by atoms with Crippen molar-refractivity contribution in [2.45, 2.75) is 26.4 Å². The zero-order valence-corrected chi connectivity index (χ0v) is 12.9. The standard InChI is InChI=1S/C16H21N3O2/c1-11(2)14-15(17-3)18-10-19-16(14)21-9-12-6-5-7-13(8-12)20-4/h5-8,10-11H,9H2,1-4H3,(H,17,18,19). The van der Waals surface area contributed by atoms with E-state index in [0.29, 0.717) is 12.5 Å². The van der Waals surface area contributed by atoms with Gasteiger partial charge in [0.15, 0.2) is 0 Å². The SMILES string of the molecule is CNc1ncnc(OCc2cccc(OC)c2)c1C(C)C.